The van der Waals surface area contributed by atoms with E-state index in [0.29, 0.717) is 12.6 Å². The van der Waals surface area contributed by atoms with E-state index in [0.717, 1.165) is 57.5 Å². The van der Waals surface area contributed by atoms with Crippen molar-refractivity contribution in [1.82, 2.24) is 15.0 Å². The lowest BCUT2D eigenvalue weighted by Gasteiger charge is -2.11. The number of hydrogen-bond acceptors (Lipinski definition) is 5. The second-order valence-corrected chi connectivity index (χ2v) is 6.80. The van der Waals surface area contributed by atoms with Crippen LogP contribution < -0.4 is 10.5 Å². The third-order valence-corrected chi connectivity index (χ3v) is 4.60. The van der Waals surface area contributed by atoms with E-state index >= 15 is 0 Å². The molecule has 1 aliphatic rings. The predicted molar refractivity (Wildman–Crippen MR) is 98.1 cm³/mol. The van der Waals surface area contributed by atoms with E-state index < -0.39 is 0 Å². The summed E-state index contributed by atoms with van der Waals surface area (Å²) in [4.78, 5) is 13.5. The SMILES string of the molecule is CCCc1nc(N)nc2ccc(-c3cc(Br)cc4c3OCC4)nc12. The first-order valence-corrected chi connectivity index (χ1v) is 8.83. The molecule has 3 aromatic rings. The fraction of sp³-hybridized carbons (Fsp3) is 0.278. The number of aryl methyl sites for hydroxylation is 1. The highest BCUT2D eigenvalue weighted by Gasteiger charge is 2.20. The minimum atomic E-state index is 0.298. The maximum atomic E-state index is 5.84. The number of anilines is 1. The molecular formula is C18H17BrN4O. The molecule has 0 aliphatic carbocycles. The summed E-state index contributed by atoms with van der Waals surface area (Å²) in [5.41, 5.74) is 11.4. The molecule has 0 amide bonds. The summed E-state index contributed by atoms with van der Waals surface area (Å²) in [5.74, 6) is 1.23. The van der Waals surface area contributed by atoms with Gasteiger partial charge in [0.15, 0.2) is 0 Å². The summed E-state index contributed by atoms with van der Waals surface area (Å²) < 4.78 is 6.87. The number of ether oxygens (including phenoxy) is 1. The molecule has 122 valence electrons. The standard InChI is InChI=1S/C18H17BrN4O/c1-2-3-14-16-15(23-18(20)22-14)5-4-13(21-16)12-9-11(19)8-10-6-7-24-17(10)12/h4-5,8-9H,2-3,6-7H2,1H3,(H2,20,22,23). The zero-order chi connectivity index (χ0) is 16.7. The Morgan fingerprint density at radius 1 is 1.21 bits per heavy atom. The first-order valence-electron chi connectivity index (χ1n) is 8.04. The molecule has 3 heterocycles. The number of nitrogens with zero attached hydrogens (tertiary/aromatic N) is 3. The normalized spacial score (nSPS) is 13.1. The predicted octanol–water partition coefficient (Wildman–Crippen LogP) is 3.92. The van der Waals surface area contributed by atoms with Crippen LogP contribution in [0.5, 0.6) is 5.75 Å². The van der Waals surface area contributed by atoms with E-state index in [2.05, 4.69) is 45.0 Å². The highest BCUT2D eigenvalue weighted by Crippen LogP contribution is 2.39. The monoisotopic (exact) mass is 384 g/mol. The zero-order valence-corrected chi connectivity index (χ0v) is 14.9. The molecule has 0 saturated carbocycles. The van der Waals surface area contributed by atoms with Crippen LogP contribution in [0.1, 0.15) is 24.6 Å². The number of nitrogen functional groups attached to an aromatic ring is 1. The number of fused-ring (bicyclic) bond motifs is 2. The van der Waals surface area contributed by atoms with Crippen LogP contribution in [0.25, 0.3) is 22.3 Å². The average molecular weight is 385 g/mol. The van der Waals surface area contributed by atoms with Crippen molar-refractivity contribution < 1.29 is 4.74 Å². The number of rotatable bonds is 3. The summed E-state index contributed by atoms with van der Waals surface area (Å²) in [6.07, 6.45) is 2.73. The van der Waals surface area contributed by atoms with Crippen molar-refractivity contribution in [3.8, 4) is 17.0 Å². The average Bonchev–Trinajstić information content (AvgIpc) is 3.02. The lowest BCUT2D eigenvalue weighted by Crippen LogP contribution is -2.02. The molecule has 0 saturated heterocycles. The molecule has 1 aliphatic heterocycles. The van der Waals surface area contributed by atoms with Crippen LogP contribution in [0.15, 0.2) is 28.7 Å². The quantitative estimate of drug-likeness (QED) is 0.740. The van der Waals surface area contributed by atoms with E-state index in [1.165, 1.54) is 5.56 Å². The zero-order valence-electron chi connectivity index (χ0n) is 13.3. The number of hydrogen-bond donors (Lipinski definition) is 1. The summed E-state index contributed by atoms with van der Waals surface area (Å²) in [6, 6.07) is 8.08. The number of benzene rings is 1. The Kier molecular flexibility index (Phi) is 3.84. The third-order valence-electron chi connectivity index (χ3n) is 4.14. The van der Waals surface area contributed by atoms with Gasteiger partial charge in [-0.15, -0.1) is 0 Å². The molecule has 0 spiro atoms. The topological polar surface area (TPSA) is 73.9 Å². The van der Waals surface area contributed by atoms with E-state index in [9.17, 15) is 0 Å². The fourth-order valence-corrected chi connectivity index (χ4v) is 3.62. The highest BCUT2D eigenvalue weighted by atomic mass is 79.9. The Morgan fingerprint density at radius 3 is 2.92 bits per heavy atom. The van der Waals surface area contributed by atoms with Crippen LogP contribution in [-0.2, 0) is 12.8 Å². The summed E-state index contributed by atoms with van der Waals surface area (Å²) in [5, 5.41) is 0. The van der Waals surface area contributed by atoms with Crippen molar-refractivity contribution in [3.63, 3.8) is 0 Å². The Hall–Kier alpha value is -2.21. The lowest BCUT2D eigenvalue weighted by molar-refractivity contribution is 0.358. The molecule has 2 aromatic heterocycles. The van der Waals surface area contributed by atoms with Gasteiger partial charge in [-0.1, -0.05) is 29.3 Å². The van der Waals surface area contributed by atoms with Gasteiger partial charge in [-0.3, -0.25) is 0 Å². The summed E-state index contributed by atoms with van der Waals surface area (Å²) in [6.45, 7) is 2.83. The maximum absolute atomic E-state index is 5.84. The molecule has 1 aromatic carbocycles. The summed E-state index contributed by atoms with van der Waals surface area (Å²) in [7, 11) is 0. The molecule has 6 heteroatoms. The van der Waals surface area contributed by atoms with Crippen LogP contribution in [0.4, 0.5) is 5.95 Å². The molecule has 24 heavy (non-hydrogen) atoms. The Labute approximate surface area is 148 Å². The lowest BCUT2D eigenvalue weighted by atomic mass is 10.0. The maximum Gasteiger partial charge on any atom is 0.220 e. The van der Waals surface area contributed by atoms with Gasteiger partial charge in [0.05, 0.1) is 23.5 Å². The molecule has 0 fully saturated rings. The van der Waals surface area contributed by atoms with Crippen LogP contribution in [0.3, 0.4) is 0 Å². The first-order chi connectivity index (χ1) is 11.7. The van der Waals surface area contributed by atoms with E-state index in [-0.39, 0.29) is 0 Å². The minimum Gasteiger partial charge on any atom is -0.492 e. The van der Waals surface area contributed by atoms with Crippen molar-refractivity contribution in [1.29, 1.82) is 0 Å². The number of nitrogens with two attached hydrogens (primary N) is 1. The number of pyridine rings is 1. The molecule has 0 bridgehead atoms. The third kappa shape index (κ3) is 2.60. The van der Waals surface area contributed by atoms with Gasteiger partial charge < -0.3 is 10.5 Å². The smallest absolute Gasteiger partial charge is 0.220 e. The van der Waals surface area contributed by atoms with Crippen molar-refractivity contribution in [2.24, 2.45) is 0 Å². The Bertz CT molecular complexity index is 942. The molecule has 0 radical (unpaired) electrons. The van der Waals surface area contributed by atoms with Gasteiger partial charge in [-0.2, -0.15) is 0 Å². The van der Waals surface area contributed by atoms with Crippen LogP contribution >= 0.6 is 15.9 Å². The second-order valence-electron chi connectivity index (χ2n) is 5.88. The molecule has 0 unspecified atom stereocenters. The van der Waals surface area contributed by atoms with E-state index in [1.807, 2.05) is 12.1 Å². The largest absolute Gasteiger partial charge is 0.492 e. The van der Waals surface area contributed by atoms with Crippen molar-refractivity contribution >= 4 is 32.9 Å². The van der Waals surface area contributed by atoms with Gasteiger partial charge in [-0.05, 0) is 36.2 Å². The van der Waals surface area contributed by atoms with Crippen LogP contribution in [0, 0.1) is 0 Å². The van der Waals surface area contributed by atoms with Crippen molar-refractivity contribution in [2.45, 2.75) is 26.2 Å². The van der Waals surface area contributed by atoms with Crippen LogP contribution in [0.2, 0.25) is 0 Å². The molecule has 4 rings (SSSR count). The van der Waals surface area contributed by atoms with E-state index in [4.69, 9.17) is 15.5 Å². The molecule has 5 nitrogen and oxygen atoms in total. The van der Waals surface area contributed by atoms with Gasteiger partial charge in [0.25, 0.3) is 0 Å². The van der Waals surface area contributed by atoms with Gasteiger partial charge >= 0.3 is 0 Å². The van der Waals surface area contributed by atoms with Crippen LogP contribution in [-0.4, -0.2) is 21.6 Å². The Morgan fingerprint density at radius 2 is 2.08 bits per heavy atom. The van der Waals surface area contributed by atoms with Gasteiger partial charge in [0.1, 0.15) is 11.3 Å². The second kappa shape index (κ2) is 6.02. The number of halogens is 1. The van der Waals surface area contributed by atoms with Crippen molar-refractivity contribution in [2.75, 3.05) is 12.3 Å². The number of aromatic nitrogens is 3. The van der Waals surface area contributed by atoms with E-state index in [1.54, 1.807) is 0 Å². The molecule has 0 atom stereocenters. The molecule has 2 N–H and O–H groups in total. The summed E-state index contributed by atoms with van der Waals surface area (Å²) >= 11 is 3.59. The Balaban J connectivity index is 1.93. The first kappa shape index (κ1) is 15.3. The fourth-order valence-electron chi connectivity index (χ4n) is 3.11. The van der Waals surface area contributed by atoms with Gasteiger partial charge in [0, 0.05) is 16.5 Å². The van der Waals surface area contributed by atoms with Crippen molar-refractivity contribution in [3.05, 3.63) is 40.0 Å². The highest BCUT2D eigenvalue weighted by molar-refractivity contribution is 9.10. The minimum absolute atomic E-state index is 0.298. The van der Waals surface area contributed by atoms with Gasteiger partial charge in [0.2, 0.25) is 5.95 Å². The molecular weight excluding hydrogens is 368 g/mol. The van der Waals surface area contributed by atoms with Gasteiger partial charge in [-0.25, -0.2) is 15.0 Å².